The highest BCUT2D eigenvalue weighted by Gasteiger charge is 2.33. The van der Waals surface area contributed by atoms with E-state index in [1.165, 1.54) is 4.88 Å². The summed E-state index contributed by atoms with van der Waals surface area (Å²) in [7, 11) is 3.23. The van der Waals surface area contributed by atoms with Crippen molar-refractivity contribution in [2.45, 2.75) is 46.6 Å². The molecule has 0 radical (unpaired) electrons. The van der Waals surface area contributed by atoms with Crippen molar-refractivity contribution < 1.29 is 18.7 Å². The minimum atomic E-state index is -0.122. The highest BCUT2D eigenvalue weighted by Crippen LogP contribution is 2.45. The van der Waals surface area contributed by atoms with Gasteiger partial charge in [-0.3, -0.25) is 4.79 Å². The molecule has 1 aromatic carbocycles. The number of benzene rings is 1. The summed E-state index contributed by atoms with van der Waals surface area (Å²) < 4.78 is 17.1. The van der Waals surface area contributed by atoms with Crippen molar-refractivity contribution in [3.63, 3.8) is 0 Å². The molecule has 2 heterocycles. The molecule has 186 valence electrons. The Labute approximate surface area is 218 Å². The maximum absolute atomic E-state index is 13.4. The number of ether oxygens (including phenoxy) is 2. The van der Waals surface area contributed by atoms with Gasteiger partial charge in [-0.05, 0) is 70.3 Å². The number of fused-ring (bicyclic) bond motifs is 1. The van der Waals surface area contributed by atoms with Gasteiger partial charge >= 0.3 is 0 Å². The van der Waals surface area contributed by atoms with Crippen LogP contribution in [0.4, 0.5) is 5.00 Å². The highest BCUT2D eigenvalue weighted by molar-refractivity contribution is 9.10. The number of thiophene rings is 1. The zero-order valence-electron chi connectivity index (χ0n) is 20.7. The summed E-state index contributed by atoms with van der Waals surface area (Å²) in [5, 5.41) is 3.73. The summed E-state index contributed by atoms with van der Waals surface area (Å²) >= 11 is 5.15. The second kappa shape index (κ2) is 10.6. The Hall–Kier alpha value is -2.58. The highest BCUT2D eigenvalue weighted by atomic mass is 79.9. The number of amides is 1. The van der Waals surface area contributed by atoms with Gasteiger partial charge in [0.1, 0.15) is 22.3 Å². The van der Waals surface area contributed by atoms with Crippen molar-refractivity contribution >= 4 is 44.4 Å². The molecule has 0 unspecified atom stereocenters. The Kier molecular flexibility index (Phi) is 7.71. The number of hydrogen-bond acceptors (Lipinski definition) is 6. The molecule has 1 atom stereocenters. The van der Waals surface area contributed by atoms with Crippen LogP contribution in [0.25, 0.3) is 0 Å². The minimum absolute atomic E-state index is 0.122. The van der Waals surface area contributed by atoms with E-state index in [9.17, 15) is 4.79 Å². The van der Waals surface area contributed by atoms with Gasteiger partial charge in [0.2, 0.25) is 0 Å². The van der Waals surface area contributed by atoms with E-state index in [0.29, 0.717) is 35.3 Å². The first-order valence-corrected chi connectivity index (χ1v) is 13.2. The maximum atomic E-state index is 13.4. The van der Waals surface area contributed by atoms with Crippen molar-refractivity contribution in [2.24, 2.45) is 16.3 Å². The fraction of sp³-hybridized carbons (Fsp3) is 0.407. The Morgan fingerprint density at radius 1 is 1.29 bits per heavy atom. The predicted molar refractivity (Wildman–Crippen MR) is 144 cm³/mol. The van der Waals surface area contributed by atoms with Gasteiger partial charge in [-0.1, -0.05) is 20.8 Å². The average molecular weight is 560 g/mol. The van der Waals surface area contributed by atoms with Crippen LogP contribution in [-0.2, 0) is 19.4 Å². The molecule has 8 heteroatoms. The fourth-order valence-corrected chi connectivity index (χ4v) is 6.21. The van der Waals surface area contributed by atoms with Gasteiger partial charge in [-0.15, -0.1) is 11.3 Å². The zero-order valence-corrected chi connectivity index (χ0v) is 23.1. The third kappa shape index (κ3) is 5.64. The summed E-state index contributed by atoms with van der Waals surface area (Å²) in [4.78, 5) is 19.4. The quantitative estimate of drug-likeness (QED) is 0.318. The van der Waals surface area contributed by atoms with Crippen molar-refractivity contribution in [1.29, 1.82) is 0 Å². The number of aliphatic imine (C=N–C) groups is 1. The first-order valence-electron chi connectivity index (χ1n) is 11.6. The van der Waals surface area contributed by atoms with Gasteiger partial charge in [-0.2, -0.15) is 0 Å². The molecule has 0 saturated carbocycles. The topological polar surface area (TPSA) is 73.1 Å². The number of furan rings is 1. The van der Waals surface area contributed by atoms with Gasteiger partial charge < -0.3 is 19.2 Å². The number of nitrogens with zero attached hydrogens (tertiary/aromatic N) is 1. The third-order valence-electron chi connectivity index (χ3n) is 6.53. The van der Waals surface area contributed by atoms with Crippen LogP contribution < -0.4 is 14.8 Å². The van der Waals surface area contributed by atoms with E-state index >= 15 is 0 Å². The molecule has 0 fully saturated rings. The summed E-state index contributed by atoms with van der Waals surface area (Å²) in [5.74, 6) is 2.49. The molecule has 6 nitrogen and oxygen atoms in total. The van der Waals surface area contributed by atoms with Gasteiger partial charge in [0, 0.05) is 22.7 Å². The van der Waals surface area contributed by atoms with Gasteiger partial charge in [0.15, 0.2) is 0 Å². The lowest BCUT2D eigenvalue weighted by Crippen LogP contribution is -2.28. The Morgan fingerprint density at radius 2 is 2.06 bits per heavy atom. The molecule has 0 aliphatic heterocycles. The average Bonchev–Trinajstić information content (AvgIpc) is 3.47. The van der Waals surface area contributed by atoms with E-state index in [2.05, 4.69) is 42.0 Å². The molecular weight excluding hydrogens is 528 g/mol. The second-order valence-electron chi connectivity index (χ2n) is 9.74. The van der Waals surface area contributed by atoms with E-state index in [1.807, 2.05) is 24.3 Å². The van der Waals surface area contributed by atoms with E-state index in [4.69, 9.17) is 18.9 Å². The Morgan fingerprint density at radius 3 is 2.71 bits per heavy atom. The molecule has 0 saturated heterocycles. The van der Waals surface area contributed by atoms with Crippen molar-refractivity contribution in [3.05, 3.63) is 62.3 Å². The van der Waals surface area contributed by atoms with E-state index in [-0.39, 0.29) is 11.3 Å². The first kappa shape index (κ1) is 25.5. The lowest BCUT2D eigenvalue weighted by Gasteiger charge is -2.33. The number of halogens is 1. The molecule has 1 aliphatic rings. The van der Waals surface area contributed by atoms with Crippen LogP contribution in [0.3, 0.4) is 0 Å². The fourth-order valence-electron chi connectivity index (χ4n) is 4.42. The largest absolute Gasteiger partial charge is 0.496 e. The van der Waals surface area contributed by atoms with Crippen molar-refractivity contribution in [1.82, 2.24) is 5.32 Å². The van der Waals surface area contributed by atoms with Gasteiger partial charge in [-0.25, -0.2) is 4.99 Å². The summed E-state index contributed by atoms with van der Waals surface area (Å²) in [5.41, 5.74) is 2.81. The number of rotatable bonds is 7. The third-order valence-corrected chi connectivity index (χ3v) is 8.31. The second-order valence-corrected chi connectivity index (χ2v) is 11.7. The van der Waals surface area contributed by atoms with Crippen LogP contribution in [0, 0.1) is 11.3 Å². The van der Waals surface area contributed by atoms with Crippen LogP contribution >= 0.6 is 27.3 Å². The summed E-state index contributed by atoms with van der Waals surface area (Å²) in [6, 6.07) is 7.39. The smallest absolute Gasteiger partial charge is 0.255 e. The molecule has 0 spiro atoms. The Balaban J connectivity index is 1.70. The van der Waals surface area contributed by atoms with Crippen LogP contribution in [0.5, 0.6) is 11.5 Å². The van der Waals surface area contributed by atoms with E-state index in [1.54, 1.807) is 38.0 Å². The number of methoxy groups -OCH3 is 2. The van der Waals surface area contributed by atoms with Crippen molar-refractivity contribution in [2.75, 3.05) is 14.2 Å². The molecule has 1 aliphatic carbocycles. The van der Waals surface area contributed by atoms with E-state index in [0.717, 1.165) is 39.9 Å². The van der Waals surface area contributed by atoms with Crippen LogP contribution in [0.1, 0.15) is 59.3 Å². The molecule has 3 aromatic rings. The number of hydrogen-bond donors (Lipinski definition) is 1. The number of carbonyl (C=O) groups excluding carboxylic acids is 1. The lowest BCUT2D eigenvalue weighted by molar-refractivity contribution is 0.0947. The molecular formula is C27H31BrN2O4S. The van der Waals surface area contributed by atoms with Gasteiger partial charge in [0.05, 0.1) is 37.1 Å². The summed E-state index contributed by atoms with van der Waals surface area (Å²) in [6.45, 7) is 7.21. The Bertz CT molecular complexity index is 1230. The van der Waals surface area contributed by atoms with Gasteiger partial charge in [0.25, 0.3) is 5.91 Å². The van der Waals surface area contributed by atoms with Crippen LogP contribution in [0.2, 0.25) is 0 Å². The lowest BCUT2D eigenvalue weighted by atomic mass is 9.72. The molecule has 35 heavy (non-hydrogen) atoms. The number of nitrogens with one attached hydrogen (secondary N) is 1. The molecule has 4 rings (SSSR count). The first-order chi connectivity index (χ1) is 16.7. The predicted octanol–water partition coefficient (Wildman–Crippen LogP) is 6.95. The van der Waals surface area contributed by atoms with E-state index < -0.39 is 0 Å². The monoisotopic (exact) mass is 558 g/mol. The molecule has 2 aromatic heterocycles. The standard InChI is InChI=1S/C27H31BrN2O4S/c1-27(2,3)17-8-9-19-23(12-17)35-26(24(19)25(31)29-15-18-7-6-10-34-18)30-14-16-11-20(28)22(33-5)13-21(16)32-4/h6-7,10-11,13-14,17H,8-9,12,15H2,1-5H3,(H,29,31)/t17-/m0/s1. The van der Waals surface area contributed by atoms with Crippen LogP contribution in [-0.4, -0.2) is 26.3 Å². The molecule has 0 bridgehead atoms. The molecule has 1 amide bonds. The maximum Gasteiger partial charge on any atom is 0.255 e. The summed E-state index contributed by atoms with van der Waals surface area (Å²) in [6.07, 6.45) is 6.27. The molecule has 1 N–H and O–H groups in total. The van der Waals surface area contributed by atoms with Crippen molar-refractivity contribution in [3.8, 4) is 11.5 Å². The SMILES string of the molecule is COc1cc(OC)c(C=Nc2sc3c(c2C(=O)NCc2ccco2)CC[C@H](C(C)(C)C)C3)cc1Br. The normalized spacial score (nSPS) is 15.8. The minimum Gasteiger partial charge on any atom is -0.496 e. The number of carbonyl (C=O) groups is 1. The van der Waals surface area contributed by atoms with Crippen LogP contribution in [0.15, 0.2) is 44.4 Å². The zero-order chi connectivity index (χ0) is 25.2.